The summed E-state index contributed by atoms with van der Waals surface area (Å²) in [5.41, 5.74) is 1.20. The van der Waals surface area contributed by atoms with Crippen molar-refractivity contribution >= 4 is 11.6 Å². The zero-order valence-electron chi connectivity index (χ0n) is 16.5. The molecule has 1 heterocycles. The molecule has 26 heavy (non-hydrogen) atoms. The average molecular weight is 359 g/mol. The van der Waals surface area contributed by atoms with Crippen molar-refractivity contribution in [2.75, 3.05) is 38.7 Å². The van der Waals surface area contributed by atoms with Crippen molar-refractivity contribution in [2.45, 2.75) is 45.1 Å². The summed E-state index contributed by atoms with van der Waals surface area (Å²) in [4.78, 5) is 6.86. The Balaban J connectivity index is 1.46. The molecule has 2 aliphatic rings. The van der Waals surface area contributed by atoms with Crippen LogP contribution < -0.4 is 20.3 Å². The second-order valence-corrected chi connectivity index (χ2v) is 7.83. The Hall–Kier alpha value is -1.91. The average Bonchev–Trinajstić information content (AvgIpc) is 3.15. The van der Waals surface area contributed by atoms with Crippen LogP contribution in [0.1, 0.15) is 39.0 Å². The molecule has 2 N–H and O–H groups in total. The maximum atomic E-state index is 5.51. The number of aliphatic imine (C=N–C) groups is 1. The minimum atomic E-state index is 0.575. The van der Waals surface area contributed by atoms with Gasteiger partial charge in [-0.05, 0) is 56.1 Å². The summed E-state index contributed by atoms with van der Waals surface area (Å²) >= 11 is 0. The Kier molecular flexibility index (Phi) is 6.64. The zero-order chi connectivity index (χ0) is 18.4. The van der Waals surface area contributed by atoms with Crippen LogP contribution >= 0.6 is 0 Å². The van der Waals surface area contributed by atoms with Crippen molar-refractivity contribution < 1.29 is 4.74 Å². The highest BCUT2D eigenvalue weighted by Crippen LogP contribution is 2.31. The summed E-state index contributed by atoms with van der Waals surface area (Å²) in [7, 11) is 3.62. The molecule has 1 aliphatic heterocycles. The molecule has 1 unspecified atom stereocenters. The maximum Gasteiger partial charge on any atom is 0.191 e. The van der Waals surface area contributed by atoms with E-state index in [2.05, 4.69) is 39.6 Å². The first kappa shape index (κ1) is 18.9. The van der Waals surface area contributed by atoms with E-state index in [-0.39, 0.29) is 0 Å². The minimum Gasteiger partial charge on any atom is -0.495 e. The van der Waals surface area contributed by atoms with Gasteiger partial charge in [0, 0.05) is 32.7 Å². The van der Waals surface area contributed by atoms with Crippen molar-refractivity contribution in [1.29, 1.82) is 0 Å². The predicted octanol–water partition coefficient (Wildman–Crippen LogP) is 3.27. The molecule has 5 nitrogen and oxygen atoms in total. The van der Waals surface area contributed by atoms with Gasteiger partial charge in [-0.15, -0.1) is 0 Å². The van der Waals surface area contributed by atoms with Crippen molar-refractivity contribution in [3.8, 4) is 5.75 Å². The normalized spacial score (nSPS) is 26.7. The highest BCUT2D eigenvalue weighted by atomic mass is 16.5. The van der Waals surface area contributed by atoms with Gasteiger partial charge in [0.1, 0.15) is 5.75 Å². The minimum absolute atomic E-state index is 0.575. The number of para-hydroxylation sites is 2. The molecule has 144 valence electrons. The van der Waals surface area contributed by atoms with Crippen molar-refractivity contribution in [2.24, 2.45) is 16.8 Å². The molecule has 0 spiro atoms. The van der Waals surface area contributed by atoms with Crippen LogP contribution in [0.5, 0.6) is 5.75 Å². The molecule has 0 amide bonds. The molecular formula is C21H34N4O. The lowest BCUT2D eigenvalue weighted by Crippen LogP contribution is -2.46. The van der Waals surface area contributed by atoms with Crippen LogP contribution in [0.3, 0.4) is 0 Å². The molecule has 3 rings (SSSR count). The lowest BCUT2D eigenvalue weighted by molar-refractivity contribution is 0.329. The first-order valence-electron chi connectivity index (χ1n) is 10.0. The molecule has 1 aromatic rings. The Morgan fingerprint density at radius 2 is 1.96 bits per heavy atom. The molecule has 1 saturated heterocycles. The van der Waals surface area contributed by atoms with E-state index in [1.807, 2.05) is 19.2 Å². The van der Waals surface area contributed by atoms with Gasteiger partial charge in [-0.25, -0.2) is 0 Å². The van der Waals surface area contributed by atoms with Crippen molar-refractivity contribution in [1.82, 2.24) is 10.6 Å². The lowest BCUT2D eigenvalue weighted by atomic mass is 9.87. The van der Waals surface area contributed by atoms with Crippen LogP contribution in [-0.2, 0) is 0 Å². The molecule has 0 radical (unpaired) electrons. The third-order valence-corrected chi connectivity index (χ3v) is 5.85. The second-order valence-electron chi connectivity index (χ2n) is 7.83. The van der Waals surface area contributed by atoms with Crippen molar-refractivity contribution in [3.05, 3.63) is 24.3 Å². The maximum absolute atomic E-state index is 5.51. The molecular weight excluding hydrogens is 324 g/mol. The Morgan fingerprint density at radius 1 is 1.19 bits per heavy atom. The number of rotatable bonds is 5. The smallest absolute Gasteiger partial charge is 0.191 e. The first-order chi connectivity index (χ1) is 12.7. The highest BCUT2D eigenvalue weighted by Gasteiger charge is 2.25. The van der Waals surface area contributed by atoms with Gasteiger partial charge in [0.05, 0.1) is 12.8 Å². The quantitative estimate of drug-likeness (QED) is 0.626. The molecule has 0 bridgehead atoms. The summed E-state index contributed by atoms with van der Waals surface area (Å²) < 4.78 is 5.51. The number of hydrogen-bond acceptors (Lipinski definition) is 3. The van der Waals surface area contributed by atoms with Gasteiger partial charge < -0.3 is 20.3 Å². The van der Waals surface area contributed by atoms with Crippen molar-refractivity contribution in [3.63, 3.8) is 0 Å². The summed E-state index contributed by atoms with van der Waals surface area (Å²) in [6.07, 6.45) is 6.36. The number of anilines is 1. The monoisotopic (exact) mass is 358 g/mol. The van der Waals surface area contributed by atoms with Crippen LogP contribution in [0.15, 0.2) is 29.3 Å². The fourth-order valence-corrected chi connectivity index (χ4v) is 4.14. The van der Waals surface area contributed by atoms with E-state index in [9.17, 15) is 0 Å². The number of nitrogens with one attached hydrogen (secondary N) is 2. The standard InChI is InChI=1S/C21H34N4O/c1-16-8-10-18(11-9-16)24-21(22-2)23-14-17-12-13-25(15-17)19-6-4-5-7-20(19)26-3/h4-7,16-18H,8-15H2,1-3H3,(H2,22,23,24). The zero-order valence-corrected chi connectivity index (χ0v) is 16.5. The Bertz CT molecular complexity index is 595. The fourth-order valence-electron chi connectivity index (χ4n) is 4.14. The van der Waals surface area contributed by atoms with E-state index >= 15 is 0 Å². The number of methoxy groups -OCH3 is 1. The molecule has 1 aromatic carbocycles. The summed E-state index contributed by atoms with van der Waals surface area (Å²) in [6, 6.07) is 8.88. The SMILES string of the molecule is CN=C(NCC1CCN(c2ccccc2OC)C1)NC1CCC(C)CC1. The first-order valence-corrected chi connectivity index (χ1v) is 10.0. The van der Waals surface area contributed by atoms with Gasteiger partial charge in [0.2, 0.25) is 0 Å². The van der Waals surface area contributed by atoms with E-state index in [0.717, 1.165) is 37.3 Å². The van der Waals surface area contributed by atoms with Crippen LogP contribution in [0.25, 0.3) is 0 Å². The fraction of sp³-hybridized carbons (Fsp3) is 0.667. The van der Waals surface area contributed by atoms with Crippen LogP contribution in [0.2, 0.25) is 0 Å². The van der Waals surface area contributed by atoms with E-state index in [0.29, 0.717) is 12.0 Å². The van der Waals surface area contributed by atoms with Gasteiger partial charge in [0.25, 0.3) is 0 Å². The van der Waals surface area contributed by atoms with Gasteiger partial charge >= 0.3 is 0 Å². The third-order valence-electron chi connectivity index (χ3n) is 5.85. The van der Waals surface area contributed by atoms with Crippen LogP contribution in [-0.4, -0.2) is 45.8 Å². The van der Waals surface area contributed by atoms with E-state index in [4.69, 9.17) is 4.74 Å². The largest absolute Gasteiger partial charge is 0.495 e. The van der Waals surface area contributed by atoms with Gasteiger partial charge in [0.15, 0.2) is 5.96 Å². The lowest BCUT2D eigenvalue weighted by Gasteiger charge is -2.28. The molecule has 1 atom stereocenters. The predicted molar refractivity (Wildman–Crippen MR) is 109 cm³/mol. The molecule has 1 aliphatic carbocycles. The van der Waals surface area contributed by atoms with Gasteiger partial charge in [-0.1, -0.05) is 19.1 Å². The highest BCUT2D eigenvalue weighted by molar-refractivity contribution is 5.80. The number of benzene rings is 1. The Labute approximate surface area is 158 Å². The molecule has 2 fully saturated rings. The summed E-state index contributed by atoms with van der Waals surface area (Å²) in [6.45, 7) is 5.47. The van der Waals surface area contributed by atoms with Gasteiger partial charge in [-0.3, -0.25) is 4.99 Å². The topological polar surface area (TPSA) is 48.9 Å². The second kappa shape index (κ2) is 9.15. The summed E-state index contributed by atoms with van der Waals surface area (Å²) in [5, 5.41) is 7.17. The molecule has 1 saturated carbocycles. The van der Waals surface area contributed by atoms with E-state index in [1.165, 1.54) is 37.8 Å². The van der Waals surface area contributed by atoms with E-state index in [1.54, 1.807) is 7.11 Å². The number of nitrogens with zero attached hydrogens (tertiary/aromatic N) is 2. The number of guanidine groups is 1. The molecule has 5 heteroatoms. The molecule has 0 aromatic heterocycles. The van der Waals surface area contributed by atoms with E-state index < -0.39 is 0 Å². The van der Waals surface area contributed by atoms with Crippen LogP contribution in [0.4, 0.5) is 5.69 Å². The summed E-state index contributed by atoms with van der Waals surface area (Å²) in [5.74, 6) is 3.43. The number of ether oxygens (including phenoxy) is 1. The van der Waals surface area contributed by atoms with Gasteiger partial charge in [-0.2, -0.15) is 0 Å². The third kappa shape index (κ3) is 4.83. The van der Waals surface area contributed by atoms with Crippen LogP contribution in [0, 0.1) is 11.8 Å². The Morgan fingerprint density at radius 3 is 2.69 bits per heavy atom. The number of hydrogen-bond donors (Lipinski definition) is 2.